The first kappa shape index (κ1) is 15.0. The molecule has 0 saturated carbocycles. The molecule has 1 aromatic heterocycles. The van der Waals surface area contributed by atoms with Crippen LogP contribution in [0.3, 0.4) is 0 Å². The van der Waals surface area contributed by atoms with Crippen molar-refractivity contribution >= 4 is 5.97 Å². The monoisotopic (exact) mass is 303 g/mol. The van der Waals surface area contributed by atoms with Gasteiger partial charge in [0.1, 0.15) is 0 Å². The van der Waals surface area contributed by atoms with E-state index in [1.807, 2.05) is 78.9 Å². The smallest absolute Gasteiger partial charge is 0.305 e. The molecule has 0 unspecified atom stereocenters. The van der Waals surface area contributed by atoms with Crippen LogP contribution in [0.4, 0.5) is 0 Å². The van der Waals surface area contributed by atoms with Gasteiger partial charge in [0.05, 0.1) is 17.5 Å². The van der Waals surface area contributed by atoms with Gasteiger partial charge in [-0.05, 0) is 23.3 Å². The van der Waals surface area contributed by atoms with E-state index in [0.717, 1.165) is 16.8 Å². The molecule has 0 fully saturated rings. The van der Waals surface area contributed by atoms with Crippen LogP contribution >= 0.6 is 0 Å². The van der Waals surface area contributed by atoms with Crippen LogP contribution in [0, 0.1) is 0 Å². The Morgan fingerprint density at radius 1 is 0.826 bits per heavy atom. The molecule has 3 nitrogen and oxygen atoms in total. The van der Waals surface area contributed by atoms with Crippen molar-refractivity contribution in [2.24, 2.45) is 0 Å². The maximum atomic E-state index is 11.7. The number of hydrogen-bond donors (Lipinski definition) is 1. The van der Waals surface area contributed by atoms with Gasteiger partial charge in [0.15, 0.2) is 0 Å². The number of carbonyl (C=O) groups is 1. The summed E-state index contributed by atoms with van der Waals surface area (Å²) in [4.78, 5) is 16.2. The highest BCUT2D eigenvalue weighted by molar-refractivity contribution is 5.72. The summed E-state index contributed by atoms with van der Waals surface area (Å²) < 4.78 is 0. The Bertz CT molecular complexity index is 674. The predicted molar refractivity (Wildman–Crippen MR) is 89.3 cm³/mol. The van der Waals surface area contributed by atoms with Gasteiger partial charge in [-0.2, -0.15) is 0 Å². The van der Waals surface area contributed by atoms with Crippen LogP contribution in [0.25, 0.3) is 0 Å². The van der Waals surface area contributed by atoms with Crippen molar-refractivity contribution in [3.63, 3.8) is 0 Å². The van der Waals surface area contributed by atoms with Crippen LogP contribution in [-0.4, -0.2) is 16.1 Å². The van der Waals surface area contributed by atoms with Crippen LogP contribution in [0.1, 0.15) is 23.2 Å². The molecule has 0 aliphatic carbocycles. The van der Waals surface area contributed by atoms with Gasteiger partial charge in [0, 0.05) is 6.20 Å². The molecule has 1 N–H and O–H groups in total. The lowest BCUT2D eigenvalue weighted by Crippen LogP contribution is -2.33. The number of rotatable bonds is 5. The highest BCUT2D eigenvalue weighted by Gasteiger charge is 2.39. The lowest BCUT2D eigenvalue weighted by Gasteiger charge is -2.33. The van der Waals surface area contributed by atoms with Gasteiger partial charge in [-0.3, -0.25) is 9.78 Å². The second-order valence-corrected chi connectivity index (χ2v) is 5.42. The van der Waals surface area contributed by atoms with Crippen LogP contribution in [0.5, 0.6) is 0 Å². The van der Waals surface area contributed by atoms with E-state index >= 15 is 0 Å². The normalized spacial score (nSPS) is 11.1. The summed E-state index contributed by atoms with van der Waals surface area (Å²) in [5, 5.41) is 9.61. The summed E-state index contributed by atoms with van der Waals surface area (Å²) in [5.74, 6) is -0.858. The van der Waals surface area contributed by atoms with E-state index in [-0.39, 0.29) is 6.42 Å². The average molecular weight is 303 g/mol. The third-order valence-electron chi connectivity index (χ3n) is 4.05. The van der Waals surface area contributed by atoms with Gasteiger partial charge in [-0.25, -0.2) is 0 Å². The van der Waals surface area contributed by atoms with Crippen LogP contribution < -0.4 is 0 Å². The van der Waals surface area contributed by atoms with Crippen molar-refractivity contribution in [2.75, 3.05) is 0 Å². The van der Waals surface area contributed by atoms with E-state index in [1.54, 1.807) is 6.20 Å². The van der Waals surface area contributed by atoms with Gasteiger partial charge < -0.3 is 5.11 Å². The highest BCUT2D eigenvalue weighted by atomic mass is 16.4. The Morgan fingerprint density at radius 2 is 1.35 bits per heavy atom. The first-order valence-electron chi connectivity index (χ1n) is 7.48. The van der Waals surface area contributed by atoms with Crippen molar-refractivity contribution in [3.05, 3.63) is 102 Å². The minimum absolute atomic E-state index is 0.0575. The molecule has 0 radical (unpaired) electrons. The third kappa shape index (κ3) is 2.86. The SMILES string of the molecule is O=C(O)CC(c1ccccc1)(c1ccccc1)c1ccccn1. The number of hydrogen-bond acceptors (Lipinski definition) is 2. The van der Waals surface area contributed by atoms with Crippen LogP contribution in [-0.2, 0) is 10.2 Å². The fourth-order valence-electron chi connectivity index (χ4n) is 3.04. The second kappa shape index (κ2) is 6.44. The molecule has 0 aliphatic rings. The van der Waals surface area contributed by atoms with E-state index < -0.39 is 11.4 Å². The zero-order chi connectivity index (χ0) is 16.1. The summed E-state index contributed by atoms with van der Waals surface area (Å²) >= 11 is 0. The summed E-state index contributed by atoms with van der Waals surface area (Å²) in [6.07, 6.45) is 1.65. The quantitative estimate of drug-likeness (QED) is 0.778. The summed E-state index contributed by atoms with van der Waals surface area (Å²) in [6.45, 7) is 0. The topological polar surface area (TPSA) is 50.2 Å². The minimum Gasteiger partial charge on any atom is -0.481 e. The van der Waals surface area contributed by atoms with E-state index in [0.29, 0.717) is 0 Å². The highest BCUT2D eigenvalue weighted by Crippen LogP contribution is 2.41. The number of nitrogens with zero attached hydrogens (tertiary/aromatic N) is 1. The Labute approximate surface area is 135 Å². The number of aliphatic carboxylic acids is 1. The molecular formula is C20H17NO2. The molecule has 3 rings (SSSR count). The fourth-order valence-corrected chi connectivity index (χ4v) is 3.04. The molecule has 0 amide bonds. The fraction of sp³-hybridized carbons (Fsp3) is 0.100. The lowest BCUT2D eigenvalue weighted by molar-refractivity contribution is -0.137. The molecule has 0 saturated heterocycles. The van der Waals surface area contributed by atoms with Gasteiger partial charge in [-0.1, -0.05) is 66.7 Å². The van der Waals surface area contributed by atoms with Crippen molar-refractivity contribution in [1.29, 1.82) is 0 Å². The number of carboxylic acid groups (broad SMARTS) is 1. The van der Waals surface area contributed by atoms with Gasteiger partial charge in [-0.15, -0.1) is 0 Å². The summed E-state index contributed by atoms with van der Waals surface area (Å²) in [5.41, 5.74) is 1.77. The molecule has 0 atom stereocenters. The van der Waals surface area contributed by atoms with Gasteiger partial charge in [0.25, 0.3) is 0 Å². The van der Waals surface area contributed by atoms with Crippen molar-refractivity contribution in [3.8, 4) is 0 Å². The maximum absolute atomic E-state index is 11.7. The lowest BCUT2D eigenvalue weighted by atomic mass is 9.69. The molecule has 3 aromatic rings. The minimum atomic E-state index is -0.858. The molecule has 2 aromatic carbocycles. The number of aromatic nitrogens is 1. The maximum Gasteiger partial charge on any atom is 0.305 e. The average Bonchev–Trinajstić information content (AvgIpc) is 2.62. The molecule has 1 heterocycles. The number of benzene rings is 2. The standard InChI is InChI=1S/C20H17NO2/c22-19(23)15-20(16-9-3-1-4-10-16,17-11-5-2-6-12-17)18-13-7-8-14-21-18/h1-14H,15H2,(H,22,23). The summed E-state index contributed by atoms with van der Waals surface area (Å²) in [6, 6.07) is 25.0. The van der Waals surface area contributed by atoms with Crippen molar-refractivity contribution < 1.29 is 9.90 Å². The van der Waals surface area contributed by atoms with E-state index in [9.17, 15) is 9.90 Å². The van der Waals surface area contributed by atoms with Gasteiger partial charge >= 0.3 is 5.97 Å². The van der Waals surface area contributed by atoms with E-state index in [4.69, 9.17) is 0 Å². The molecule has 114 valence electrons. The molecule has 23 heavy (non-hydrogen) atoms. The van der Waals surface area contributed by atoms with Crippen LogP contribution in [0.15, 0.2) is 85.1 Å². The van der Waals surface area contributed by atoms with Crippen molar-refractivity contribution in [1.82, 2.24) is 4.98 Å². The Balaban J connectivity index is 2.32. The van der Waals surface area contributed by atoms with Crippen molar-refractivity contribution in [2.45, 2.75) is 11.8 Å². The first-order chi connectivity index (χ1) is 11.2. The Kier molecular flexibility index (Phi) is 4.20. The second-order valence-electron chi connectivity index (χ2n) is 5.42. The van der Waals surface area contributed by atoms with Gasteiger partial charge in [0.2, 0.25) is 0 Å². The summed E-state index contributed by atoms with van der Waals surface area (Å²) in [7, 11) is 0. The number of carboxylic acids is 1. The van der Waals surface area contributed by atoms with Crippen LogP contribution in [0.2, 0.25) is 0 Å². The Morgan fingerprint density at radius 3 is 1.78 bits per heavy atom. The predicted octanol–water partition coefficient (Wildman–Crippen LogP) is 3.89. The molecule has 0 bridgehead atoms. The van der Waals surface area contributed by atoms with E-state index in [2.05, 4.69) is 4.98 Å². The van der Waals surface area contributed by atoms with E-state index in [1.165, 1.54) is 0 Å². The zero-order valence-corrected chi connectivity index (χ0v) is 12.6. The molecule has 0 spiro atoms. The first-order valence-corrected chi connectivity index (χ1v) is 7.48. The molecular weight excluding hydrogens is 286 g/mol. The Hall–Kier alpha value is -2.94. The molecule has 3 heteroatoms. The third-order valence-corrected chi connectivity index (χ3v) is 4.05. The molecule has 0 aliphatic heterocycles. The zero-order valence-electron chi connectivity index (χ0n) is 12.6. The largest absolute Gasteiger partial charge is 0.481 e. The number of pyridine rings is 1.